The molecule has 6 nitrogen and oxygen atoms in total. The molecule has 0 spiro atoms. The number of tetrazole rings is 1. The molecule has 3 aromatic rings. The van der Waals surface area contributed by atoms with Crippen molar-refractivity contribution < 1.29 is 4.79 Å². The average Bonchev–Trinajstić information content (AvgIpc) is 3.19. The SMILES string of the molecule is O=CC1=C(c2cccc(-n3nnc(-c4ccccn4)n3)c2)CC=CC1. The number of hydrogen-bond acceptors (Lipinski definition) is 5. The first-order chi connectivity index (χ1) is 12.3. The Morgan fingerprint density at radius 1 is 1.04 bits per heavy atom. The molecule has 0 saturated carbocycles. The molecule has 1 aliphatic rings. The predicted octanol–water partition coefficient (Wildman–Crippen LogP) is 3.03. The van der Waals surface area contributed by atoms with Crippen LogP contribution in [0.2, 0.25) is 0 Å². The van der Waals surface area contributed by atoms with Crippen LogP contribution in [0.3, 0.4) is 0 Å². The van der Waals surface area contributed by atoms with Gasteiger partial charge in [-0.1, -0.05) is 30.4 Å². The lowest BCUT2D eigenvalue weighted by atomic mass is 9.92. The van der Waals surface area contributed by atoms with Crippen LogP contribution in [-0.2, 0) is 4.79 Å². The van der Waals surface area contributed by atoms with E-state index in [1.54, 1.807) is 6.20 Å². The molecule has 0 radical (unpaired) electrons. The van der Waals surface area contributed by atoms with Gasteiger partial charge in [0, 0.05) is 6.20 Å². The second-order valence-electron chi connectivity index (χ2n) is 5.67. The number of nitrogens with zero attached hydrogens (tertiary/aromatic N) is 5. The van der Waals surface area contributed by atoms with E-state index in [0.29, 0.717) is 17.9 Å². The first-order valence-electron chi connectivity index (χ1n) is 7.99. The van der Waals surface area contributed by atoms with Gasteiger partial charge in [-0.05, 0) is 59.0 Å². The van der Waals surface area contributed by atoms with Crippen LogP contribution >= 0.6 is 0 Å². The van der Waals surface area contributed by atoms with Gasteiger partial charge in [0.25, 0.3) is 0 Å². The van der Waals surface area contributed by atoms with Crippen molar-refractivity contribution in [3.05, 3.63) is 72.0 Å². The van der Waals surface area contributed by atoms with Crippen LogP contribution in [0.5, 0.6) is 0 Å². The lowest BCUT2D eigenvalue weighted by Gasteiger charge is -2.13. The maximum Gasteiger partial charge on any atom is 0.223 e. The molecule has 0 fully saturated rings. The maximum atomic E-state index is 11.3. The molecule has 2 heterocycles. The Bertz CT molecular complexity index is 972. The van der Waals surface area contributed by atoms with Crippen LogP contribution in [0.1, 0.15) is 18.4 Å². The Morgan fingerprint density at radius 3 is 2.80 bits per heavy atom. The van der Waals surface area contributed by atoms with Gasteiger partial charge in [-0.3, -0.25) is 9.78 Å². The predicted molar refractivity (Wildman–Crippen MR) is 93.7 cm³/mol. The summed E-state index contributed by atoms with van der Waals surface area (Å²) >= 11 is 0. The third kappa shape index (κ3) is 3.01. The topological polar surface area (TPSA) is 73.6 Å². The van der Waals surface area contributed by atoms with Crippen LogP contribution in [0.25, 0.3) is 22.8 Å². The number of rotatable bonds is 4. The number of carbonyl (C=O) groups is 1. The van der Waals surface area contributed by atoms with Crippen molar-refractivity contribution in [3.8, 4) is 17.2 Å². The number of aldehydes is 1. The highest BCUT2D eigenvalue weighted by atomic mass is 16.1. The van der Waals surface area contributed by atoms with Crippen LogP contribution in [0, 0.1) is 0 Å². The van der Waals surface area contributed by atoms with Crippen molar-refractivity contribution in [1.82, 2.24) is 25.2 Å². The molecular formula is C19H15N5O. The van der Waals surface area contributed by atoms with Gasteiger partial charge in [-0.2, -0.15) is 0 Å². The van der Waals surface area contributed by atoms with E-state index in [4.69, 9.17) is 0 Å². The fourth-order valence-electron chi connectivity index (χ4n) is 2.83. The lowest BCUT2D eigenvalue weighted by molar-refractivity contribution is -0.104. The van der Waals surface area contributed by atoms with Crippen molar-refractivity contribution in [2.24, 2.45) is 0 Å². The largest absolute Gasteiger partial charge is 0.298 e. The van der Waals surface area contributed by atoms with Gasteiger partial charge in [0.2, 0.25) is 5.82 Å². The summed E-state index contributed by atoms with van der Waals surface area (Å²) < 4.78 is 0. The fraction of sp³-hybridized carbons (Fsp3) is 0.105. The second-order valence-corrected chi connectivity index (χ2v) is 5.67. The summed E-state index contributed by atoms with van der Waals surface area (Å²) in [5, 5.41) is 12.6. The smallest absolute Gasteiger partial charge is 0.223 e. The minimum absolute atomic E-state index is 0.472. The van der Waals surface area contributed by atoms with E-state index in [-0.39, 0.29) is 0 Å². The molecule has 0 unspecified atom stereocenters. The summed E-state index contributed by atoms with van der Waals surface area (Å²) in [6.07, 6.45) is 8.17. The molecule has 2 aromatic heterocycles. The minimum Gasteiger partial charge on any atom is -0.298 e. The summed E-state index contributed by atoms with van der Waals surface area (Å²) in [7, 11) is 0. The molecule has 0 amide bonds. The van der Waals surface area contributed by atoms with Crippen LogP contribution < -0.4 is 0 Å². The quantitative estimate of drug-likeness (QED) is 0.543. The number of aromatic nitrogens is 5. The zero-order valence-corrected chi connectivity index (χ0v) is 13.4. The molecular weight excluding hydrogens is 314 g/mol. The Morgan fingerprint density at radius 2 is 1.96 bits per heavy atom. The summed E-state index contributed by atoms with van der Waals surface area (Å²) in [4.78, 5) is 17.0. The van der Waals surface area contributed by atoms with E-state index in [1.807, 2.05) is 48.5 Å². The van der Waals surface area contributed by atoms with Gasteiger partial charge in [0.1, 0.15) is 12.0 Å². The Hall–Kier alpha value is -3.41. The van der Waals surface area contributed by atoms with Gasteiger partial charge in [-0.15, -0.1) is 15.0 Å². The molecule has 6 heteroatoms. The minimum atomic E-state index is 0.472. The van der Waals surface area contributed by atoms with Gasteiger partial charge in [-0.25, -0.2) is 0 Å². The van der Waals surface area contributed by atoms with Gasteiger partial charge in [0.15, 0.2) is 0 Å². The molecule has 4 rings (SSSR count). The molecule has 122 valence electrons. The number of carbonyl (C=O) groups excluding carboxylic acids is 1. The fourth-order valence-corrected chi connectivity index (χ4v) is 2.83. The lowest BCUT2D eigenvalue weighted by Crippen LogP contribution is -2.02. The zero-order chi connectivity index (χ0) is 17.1. The van der Waals surface area contributed by atoms with E-state index < -0.39 is 0 Å². The third-order valence-electron chi connectivity index (χ3n) is 4.09. The Kier molecular flexibility index (Phi) is 4.00. The summed E-state index contributed by atoms with van der Waals surface area (Å²) in [6.45, 7) is 0. The molecule has 1 aliphatic carbocycles. The van der Waals surface area contributed by atoms with E-state index in [1.165, 1.54) is 4.80 Å². The first kappa shape index (κ1) is 15.1. The highest BCUT2D eigenvalue weighted by molar-refractivity contribution is 5.90. The van der Waals surface area contributed by atoms with Gasteiger partial charge < -0.3 is 0 Å². The van der Waals surface area contributed by atoms with E-state index in [9.17, 15) is 4.79 Å². The van der Waals surface area contributed by atoms with Crippen molar-refractivity contribution in [2.45, 2.75) is 12.8 Å². The molecule has 1 aromatic carbocycles. The monoisotopic (exact) mass is 329 g/mol. The normalized spacial score (nSPS) is 13.9. The molecule has 0 bridgehead atoms. The average molecular weight is 329 g/mol. The van der Waals surface area contributed by atoms with E-state index in [2.05, 4.69) is 26.5 Å². The molecule has 0 saturated heterocycles. The number of benzene rings is 1. The Labute approximate surface area is 144 Å². The van der Waals surface area contributed by atoms with Gasteiger partial charge >= 0.3 is 0 Å². The van der Waals surface area contributed by atoms with Crippen LogP contribution in [0.15, 0.2) is 66.4 Å². The van der Waals surface area contributed by atoms with Crippen molar-refractivity contribution in [3.63, 3.8) is 0 Å². The summed E-state index contributed by atoms with van der Waals surface area (Å²) in [6, 6.07) is 13.4. The summed E-state index contributed by atoms with van der Waals surface area (Å²) in [5.41, 5.74) is 4.33. The first-order valence-corrected chi connectivity index (χ1v) is 7.99. The maximum absolute atomic E-state index is 11.3. The highest BCUT2D eigenvalue weighted by Gasteiger charge is 2.13. The van der Waals surface area contributed by atoms with Crippen molar-refractivity contribution in [2.75, 3.05) is 0 Å². The second kappa shape index (κ2) is 6.60. The molecule has 0 N–H and O–H groups in total. The Balaban J connectivity index is 1.70. The van der Waals surface area contributed by atoms with Crippen LogP contribution in [0.4, 0.5) is 0 Å². The van der Waals surface area contributed by atoms with Crippen LogP contribution in [-0.4, -0.2) is 31.5 Å². The standard InChI is InChI=1S/C19H15N5O/c25-13-15-6-1-2-9-17(15)14-7-5-8-16(12-14)24-22-19(21-23-24)18-10-3-4-11-20-18/h1-5,7-8,10-13H,6,9H2. The molecule has 25 heavy (non-hydrogen) atoms. The summed E-state index contributed by atoms with van der Waals surface area (Å²) in [5.74, 6) is 0.472. The third-order valence-corrected chi connectivity index (χ3v) is 4.09. The van der Waals surface area contributed by atoms with Gasteiger partial charge in [0.05, 0.1) is 5.69 Å². The number of allylic oxidation sites excluding steroid dienone is 4. The van der Waals surface area contributed by atoms with Crippen molar-refractivity contribution >= 4 is 11.9 Å². The van der Waals surface area contributed by atoms with Crippen molar-refractivity contribution in [1.29, 1.82) is 0 Å². The molecule has 0 atom stereocenters. The highest BCUT2D eigenvalue weighted by Crippen LogP contribution is 2.28. The zero-order valence-electron chi connectivity index (χ0n) is 13.4. The van der Waals surface area contributed by atoms with E-state index >= 15 is 0 Å². The van der Waals surface area contributed by atoms with E-state index in [0.717, 1.165) is 35.1 Å². The number of pyridine rings is 1. The number of hydrogen-bond donors (Lipinski definition) is 0. The molecule has 0 aliphatic heterocycles.